The molecule has 0 radical (unpaired) electrons. The summed E-state index contributed by atoms with van der Waals surface area (Å²) in [5, 5.41) is 15.1. The molecule has 1 aliphatic rings. The first-order valence-electron chi connectivity index (χ1n) is 9.53. The first-order valence-corrected chi connectivity index (χ1v) is 9.53. The van der Waals surface area contributed by atoms with Crippen LogP contribution in [0.1, 0.15) is 28.4 Å². The van der Waals surface area contributed by atoms with Gasteiger partial charge >= 0.3 is 0 Å². The lowest BCUT2D eigenvalue weighted by Crippen LogP contribution is -2.43. The highest BCUT2D eigenvalue weighted by Crippen LogP contribution is 2.18. The molecule has 4 rings (SSSR count). The second-order valence-electron chi connectivity index (χ2n) is 7.31. The minimum Gasteiger partial charge on any atom is -0.348 e. The Morgan fingerprint density at radius 2 is 1.89 bits per heavy atom. The van der Waals surface area contributed by atoms with Crippen LogP contribution in [0.2, 0.25) is 0 Å². The van der Waals surface area contributed by atoms with Crippen LogP contribution in [-0.4, -0.2) is 50.1 Å². The summed E-state index contributed by atoms with van der Waals surface area (Å²) in [6.45, 7) is 4.85. The van der Waals surface area contributed by atoms with Crippen LogP contribution in [0.25, 0.3) is 11.4 Å². The maximum absolute atomic E-state index is 12.6. The second-order valence-corrected chi connectivity index (χ2v) is 7.31. The van der Waals surface area contributed by atoms with E-state index in [1.807, 2.05) is 12.1 Å². The zero-order valence-electron chi connectivity index (χ0n) is 16.2. The van der Waals surface area contributed by atoms with Crippen LogP contribution < -0.4 is 5.32 Å². The fourth-order valence-electron chi connectivity index (χ4n) is 3.62. The number of fused-ring (bicyclic) bond motifs is 1. The maximum Gasteiger partial charge on any atom is 0.251 e. The van der Waals surface area contributed by atoms with Gasteiger partial charge in [-0.3, -0.25) is 9.69 Å². The van der Waals surface area contributed by atoms with Gasteiger partial charge in [0.2, 0.25) is 5.82 Å². The van der Waals surface area contributed by atoms with E-state index >= 15 is 0 Å². The first-order chi connectivity index (χ1) is 13.6. The molecule has 7 nitrogen and oxygen atoms in total. The Kier molecular flexibility index (Phi) is 5.16. The van der Waals surface area contributed by atoms with Crippen molar-refractivity contribution < 1.29 is 4.79 Å². The molecule has 0 spiro atoms. The predicted molar refractivity (Wildman–Crippen MR) is 107 cm³/mol. The van der Waals surface area contributed by atoms with Crippen molar-refractivity contribution in [2.75, 3.05) is 13.1 Å². The van der Waals surface area contributed by atoms with Crippen molar-refractivity contribution in [1.29, 1.82) is 0 Å². The van der Waals surface area contributed by atoms with E-state index in [1.54, 1.807) is 19.2 Å². The van der Waals surface area contributed by atoms with E-state index in [0.717, 1.165) is 31.6 Å². The van der Waals surface area contributed by atoms with Crippen molar-refractivity contribution in [2.45, 2.75) is 25.9 Å². The number of carbonyl (C=O) groups excluding carboxylic acids is 1. The number of nitrogens with zero attached hydrogens (tertiary/aromatic N) is 5. The summed E-state index contributed by atoms with van der Waals surface area (Å²) < 4.78 is 0. The number of hydrogen-bond acceptors (Lipinski definition) is 5. The van der Waals surface area contributed by atoms with Gasteiger partial charge in [0.05, 0.1) is 7.05 Å². The highest BCUT2D eigenvalue weighted by atomic mass is 16.1. The fraction of sp³-hybridized carbons (Fsp3) is 0.333. The summed E-state index contributed by atoms with van der Waals surface area (Å²) >= 11 is 0. The van der Waals surface area contributed by atoms with Crippen molar-refractivity contribution in [3.8, 4) is 11.4 Å². The second kappa shape index (κ2) is 7.90. The molecule has 0 saturated heterocycles. The third-order valence-corrected chi connectivity index (χ3v) is 5.03. The van der Waals surface area contributed by atoms with Crippen LogP contribution in [-0.2, 0) is 20.0 Å². The van der Waals surface area contributed by atoms with Crippen LogP contribution >= 0.6 is 0 Å². The average Bonchev–Trinajstić information content (AvgIpc) is 3.14. The number of aryl methyl sites for hydroxylation is 1. The molecule has 2 heterocycles. The van der Waals surface area contributed by atoms with Crippen LogP contribution in [0.15, 0.2) is 48.5 Å². The SMILES string of the molecule is CC(CN1CCc2ccccc2C1)NC(=O)c1ccc(-c2nnn(C)n2)cc1. The summed E-state index contributed by atoms with van der Waals surface area (Å²) in [6.07, 6.45) is 1.06. The molecule has 1 aromatic heterocycles. The number of carbonyl (C=O) groups is 1. The maximum atomic E-state index is 12.6. The highest BCUT2D eigenvalue weighted by molar-refractivity contribution is 5.94. The number of tetrazole rings is 1. The molecule has 28 heavy (non-hydrogen) atoms. The van der Waals surface area contributed by atoms with Crippen molar-refractivity contribution >= 4 is 5.91 Å². The Bertz CT molecular complexity index is 965. The zero-order valence-corrected chi connectivity index (χ0v) is 16.2. The lowest BCUT2D eigenvalue weighted by molar-refractivity contribution is 0.0927. The van der Waals surface area contributed by atoms with Gasteiger partial charge in [0.25, 0.3) is 5.91 Å². The van der Waals surface area contributed by atoms with Gasteiger partial charge in [-0.2, -0.15) is 4.80 Å². The molecule has 0 bridgehead atoms. The number of amides is 1. The number of nitrogens with one attached hydrogen (secondary N) is 1. The fourth-order valence-corrected chi connectivity index (χ4v) is 3.62. The van der Waals surface area contributed by atoms with E-state index in [4.69, 9.17) is 0 Å². The lowest BCUT2D eigenvalue weighted by Gasteiger charge is -2.31. The molecule has 144 valence electrons. The van der Waals surface area contributed by atoms with E-state index in [-0.39, 0.29) is 11.9 Å². The summed E-state index contributed by atoms with van der Waals surface area (Å²) in [7, 11) is 1.72. The Hall–Kier alpha value is -3.06. The third-order valence-electron chi connectivity index (χ3n) is 5.03. The van der Waals surface area contributed by atoms with Crippen LogP contribution in [0.4, 0.5) is 0 Å². The van der Waals surface area contributed by atoms with Gasteiger partial charge in [0.15, 0.2) is 0 Å². The van der Waals surface area contributed by atoms with Gasteiger partial charge in [0.1, 0.15) is 0 Å². The minimum atomic E-state index is -0.0661. The molecule has 1 unspecified atom stereocenters. The molecule has 0 saturated carbocycles. The molecular weight excluding hydrogens is 352 g/mol. The Morgan fingerprint density at radius 1 is 1.14 bits per heavy atom. The summed E-state index contributed by atoms with van der Waals surface area (Å²) in [4.78, 5) is 16.4. The van der Waals surface area contributed by atoms with E-state index in [1.165, 1.54) is 15.9 Å². The Balaban J connectivity index is 1.33. The summed E-state index contributed by atoms with van der Waals surface area (Å²) in [5.74, 6) is 0.483. The van der Waals surface area contributed by atoms with Gasteiger partial charge in [0, 0.05) is 36.8 Å². The summed E-state index contributed by atoms with van der Waals surface area (Å²) in [6, 6.07) is 15.9. The molecule has 0 fully saturated rings. The van der Waals surface area contributed by atoms with Gasteiger partial charge in [-0.1, -0.05) is 36.4 Å². The molecule has 1 N–H and O–H groups in total. The number of aromatic nitrogens is 4. The molecule has 1 amide bonds. The van der Waals surface area contributed by atoms with E-state index in [2.05, 4.69) is 56.8 Å². The molecular formula is C21H24N6O. The van der Waals surface area contributed by atoms with Crippen molar-refractivity contribution in [2.24, 2.45) is 7.05 Å². The van der Waals surface area contributed by atoms with Crippen LogP contribution in [0.5, 0.6) is 0 Å². The lowest BCUT2D eigenvalue weighted by atomic mass is 9.99. The standard InChI is InChI=1S/C21H24N6O/c1-15(13-27-12-11-16-5-3-4-6-19(16)14-27)22-21(28)18-9-7-17(8-10-18)20-23-25-26(2)24-20/h3-10,15H,11-14H2,1-2H3,(H,22,28). The molecule has 1 aliphatic heterocycles. The normalized spacial score (nSPS) is 15.1. The molecule has 7 heteroatoms. The van der Waals surface area contributed by atoms with Gasteiger partial charge in [-0.25, -0.2) is 0 Å². The largest absolute Gasteiger partial charge is 0.348 e. The Labute approximate surface area is 164 Å². The molecule has 2 aromatic carbocycles. The third kappa shape index (κ3) is 4.09. The smallest absolute Gasteiger partial charge is 0.251 e. The van der Waals surface area contributed by atoms with Crippen LogP contribution in [0, 0.1) is 0 Å². The number of rotatable bonds is 5. The average molecular weight is 376 g/mol. The molecule has 3 aromatic rings. The predicted octanol–water partition coefficient (Wildman–Crippen LogP) is 2.05. The van der Waals surface area contributed by atoms with Crippen molar-refractivity contribution in [3.05, 3.63) is 65.2 Å². The summed E-state index contributed by atoms with van der Waals surface area (Å²) in [5.41, 5.74) is 4.29. The number of benzene rings is 2. The van der Waals surface area contributed by atoms with Gasteiger partial charge in [-0.15, -0.1) is 10.2 Å². The molecule has 0 aliphatic carbocycles. The monoisotopic (exact) mass is 376 g/mol. The van der Waals surface area contributed by atoms with E-state index in [9.17, 15) is 4.79 Å². The number of hydrogen-bond donors (Lipinski definition) is 1. The Morgan fingerprint density at radius 3 is 2.61 bits per heavy atom. The van der Waals surface area contributed by atoms with Gasteiger partial charge in [-0.05, 0) is 41.8 Å². The van der Waals surface area contributed by atoms with Gasteiger partial charge < -0.3 is 5.32 Å². The quantitative estimate of drug-likeness (QED) is 0.738. The van der Waals surface area contributed by atoms with Crippen LogP contribution in [0.3, 0.4) is 0 Å². The van der Waals surface area contributed by atoms with Crippen molar-refractivity contribution in [3.63, 3.8) is 0 Å². The van der Waals surface area contributed by atoms with Crippen molar-refractivity contribution in [1.82, 2.24) is 30.4 Å². The molecule has 1 atom stereocenters. The van der Waals surface area contributed by atoms with E-state index < -0.39 is 0 Å². The highest BCUT2D eigenvalue weighted by Gasteiger charge is 2.19. The topological polar surface area (TPSA) is 75.9 Å². The van der Waals surface area contributed by atoms with E-state index in [0.29, 0.717) is 11.4 Å². The first kappa shape index (κ1) is 18.3. The minimum absolute atomic E-state index is 0.0661. The zero-order chi connectivity index (χ0) is 19.5.